The summed E-state index contributed by atoms with van der Waals surface area (Å²) in [6, 6.07) is 29.7. The van der Waals surface area contributed by atoms with Gasteiger partial charge in [-0.1, -0.05) is 90.6 Å². The maximum atomic E-state index is 13.1. The summed E-state index contributed by atoms with van der Waals surface area (Å²) in [4.78, 5) is 19.4. The van der Waals surface area contributed by atoms with Gasteiger partial charge in [0.2, 0.25) is 0 Å². The topological polar surface area (TPSA) is 32.7 Å². The molecule has 3 nitrogen and oxygen atoms in total. The summed E-state index contributed by atoms with van der Waals surface area (Å²) >= 11 is 1.57. The first-order chi connectivity index (χ1) is 13.3. The Hall–Kier alpha value is -3.11. The highest BCUT2D eigenvalue weighted by Gasteiger charge is 2.31. The summed E-state index contributed by atoms with van der Waals surface area (Å²) in [6.45, 7) is 0. The molecule has 0 aromatic heterocycles. The van der Waals surface area contributed by atoms with Crippen LogP contribution in [0.15, 0.2) is 102 Å². The molecule has 0 radical (unpaired) electrons. The maximum absolute atomic E-state index is 13.1. The van der Waals surface area contributed by atoms with Crippen LogP contribution < -0.4 is 4.90 Å². The van der Waals surface area contributed by atoms with Crippen LogP contribution in [0.2, 0.25) is 0 Å². The van der Waals surface area contributed by atoms with Crippen LogP contribution in [0.4, 0.5) is 5.69 Å². The number of benzene rings is 3. The number of carbonyl (C=O) groups excluding carboxylic acids is 1. The van der Waals surface area contributed by atoms with Crippen molar-refractivity contribution in [2.45, 2.75) is 5.75 Å². The first kappa shape index (κ1) is 17.3. The molecule has 0 saturated carbocycles. The Labute approximate surface area is 163 Å². The van der Waals surface area contributed by atoms with Gasteiger partial charge in [0.25, 0.3) is 5.91 Å². The molecular weight excluding hydrogens is 352 g/mol. The lowest BCUT2D eigenvalue weighted by Crippen LogP contribution is -2.30. The van der Waals surface area contributed by atoms with Crippen LogP contribution in [0.25, 0.3) is 6.08 Å². The maximum Gasteiger partial charge on any atom is 0.283 e. The number of carbonyl (C=O) groups is 1. The number of thioether (sulfide) groups is 1. The summed E-state index contributed by atoms with van der Waals surface area (Å²) < 4.78 is 0. The molecule has 132 valence electrons. The summed E-state index contributed by atoms with van der Waals surface area (Å²) in [5, 5.41) is 0.706. The second kappa shape index (κ2) is 8.06. The highest BCUT2D eigenvalue weighted by molar-refractivity contribution is 8.13. The Morgan fingerprint density at radius 3 is 2.07 bits per heavy atom. The molecule has 1 amide bonds. The molecule has 1 aliphatic rings. The van der Waals surface area contributed by atoms with E-state index in [2.05, 4.69) is 17.1 Å². The number of hydrogen-bond acceptors (Lipinski definition) is 3. The van der Waals surface area contributed by atoms with Gasteiger partial charge in [-0.2, -0.15) is 0 Å². The number of aliphatic imine (C=N–C) groups is 1. The predicted molar refractivity (Wildman–Crippen MR) is 114 cm³/mol. The van der Waals surface area contributed by atoms with E-state index in [1.165, 1.54) is 5.56 Å². The lowest BCUT2D eigenvalue weighted by molar-refractivity contribution is -0.113. The third kappa shape index (κ3) is 4.01. The summed E-state index contributed by atoms with van der Waals surface area (Å²) in [7, 11) is 0. The Balaban J connectivity index is 1.65. The van der Waals surface area contributed by atoms with Crippen molar-refractivity contribution in [3.8, 4) is 0 Å². The van der Waals surface area contributed by atoms with E-state index in [1.807, 2.05) is 84.9 Å². The van der Waals surface area contributed by atoms with Gasteiger partial charge in [-0.3, -0.25) is 9.69 Å². The molecule has 1 aliphatic heterocycles. The lowest BCUT2D eigenvalue weighted by Gasteiger charge is -2.17. The van der Waals surface area contributed by atoms with Crippen LogP contribution >= 0.6 is 11.8 Å². The van der Waals surface area contributed by atoms with Gasteiger partial charge in [-0.25, -0.2) is 4.99 Å². The van der Waals surface area contributed by atoms with E-state index in [-0.39, 0.29) is 5.91 Å². The van der Waals surface area contributed by atoms with Crippen LogP contribution in [0.3, 0.4) is 0 Å². The molecule has 0 bridgehead atoms. The molecule has 0 N–H and O–H groups in total. The Kier molecular flexibility index (Phi) is 5.17. The number of amides is 1. The molecule has 0 saturated heterocycles. The van der Waals surface area contributed by atoms with Gasteiger partial charge in [0.15, 0.2) is 5.17 Å². The zero-order valence-electron chi connectivity index (χ0n) is 14.7. The van der Waals surface area contributed by atoms with Crippen LogP contribution in [-0.4, -0.2) is 11.1 Å². The molecule has 0 unspecified atom stereocenters. The van der Waals surface area contributed by atoms with Gasteiger partial charge >= 0.3 is 0 Å². The molecule has 0 atom stereocenters. The number of amidine groups is 1. The van der Waals surface area contributed by atoms with E-state index in [9.17, 15) is 4.79 Å². The van der Waals surface area contributed by atoms with E-state index in [0.29, 0.717) is 10.9 Å². The minimum Gasteiger partial charge on any atom is -0.266 e. The van der Waals surface area contributed by atoms with Crippen LogP contribution in [-0.2, 0) is 10.5 Å². The Morgan fingerprint density at radius 1 is 0.815 bits per heavy atom. The number of anilines is 1. The lowest BCUT2D eigenvalue weighted by atomic mass is 10.2. The fourth-order valence-corrected chi connectivity index (χ4v) is 3.80. The van der Waals surface area contributed by atoms with Crippen molar-refractivity contribution >= 4 is 34.6 Å². The minimum atomic E-state index is -0.0967. The van der Waals surface area contributed by atoms with Crippen molar-refractivity contribution in [3.63, 3.8) is 0 Å². The Bertz CT molecular complexity index is 983. The SMILES string of the molecule is O=C1/C(=C\c2ccccc2)N=C(SCc2ccccc2)N1c1ccccc1. The van der Waals surface area contributed by atoms with Gasteiger partial charge in [0.1, 0.15) is 5.70 Å². The third-order valence-electron chi connectivity index (χ3n) is 4.16. The number of nitrogens with zero attached hydrogens (tertiary/aromatic N) is 2. The Morgan fingerprint density at radius 2 is 1.41 bits per heavy atom. The van der Waals surface area contributed by atoms with E-state index in [4.69, 9.17) is 0 Å². The van der Waals surface area contributed by atoms with Crippen molar-refractivity contribution in [2.24, 2.45) is 4.99 Å². The standard InChI is InChI=1S/C23H18N2OS/c26-22-21(16-18-10-4-1-5-11-18)24-23(25(22)20-14-8-3-9-15-20)27-17-19-12-6-2-7-13-19/h1-16H,17H2/b21-16+. The average molecular weight is 370 g/mol. The fourth-order valence-electron chi connectivity index (χ4n) is 2.83. The molecule has 4 rings (SSSR count). The molecule has 3 aromatic rings. The molecule has 0 aliphatic carbocycles. The van der Waals surface area contributed by atoms with E-state index in [0.717, 1.165) is 17.0 Å². The zero-order valence-corrected chi connectivity index (χ0v) is 15.5. The van der Waals surface area contributed by atoms with Crippen LogP contribution in [0, 0.1) is 0 Å². The number of hydrogen-bond donors (Lipinski definition) is 0. The first-order valence-electron chi connectivity index (χ1n) is 8.73. The summed E-state index contributed by atoms with van der Waals surface area (Å²) in [5.74, 6) is 0.662. The monoisotopic (exact) mass is 370 g/mol. The largest absolute Gasteiger partial charge is 0.283 e. The fraction of sp³-hybridized carbons (Fsp3) is 0.0435. The van der Waals surface area contributed by atoms with Gasteiger partial charge < -0.3 is 0 Å². The molecule has 4 heteroatoms. The molecule has 1 heterocycles. The van der Waals surface area contributed by atoms with E-state index in [1.54, 1.807) is 16.7 Å². The molecule has 27 heavy (non-hydrogen) atoms. The molecule has 3 aromatic carbocycles. The van der Waals surface area contributed by atoms with Crippen molar-refractivity contribution in [1.29, 1.82) is 0 Å². The van der Waals surface area contributed by atoms with Crippen molar-refractivity contribution in [3.05, 3.63) is 108 Å². The molecule has 0 spiro atoms. The highest BCUT2D eigenvalue weighted by atomic mass is 32.2. The third-order valence-corrected chi connectivity index (χ3v) is 5.17. The van der Waals surface area contributed by atoms with Gasteiger partial charge in [0, 0.05) is 5.75 Å². The molecular formula is C23H18N2OS. The smallest absolute Gasteiger partial charge is 0.266 e. The summed E-state index contributed by atoms with van der Waals surface area (Å²) in [5.41, 5.74) is 3.46. The second-order valence-electron chi connectivity index (χ2n) is 6.09. The zero-order chi connectivity index (χ0) is 18.5. The van der Waals surface area contributed by atoms with Crippen molar-refractivity contribution in [1.82, 2.24) is 0 Å². The van der Waals surface area contributed by atoms with E-state index < -0.39 is 0 Å². The van der Waals surface area contributed by atoms with Crippen LogP contribution in [0.1, 0.15) is 11.1 Å². The normalized spacial score (nSPS) is 15.3. The average Bonchev–Trinajstić information content (AvgIpc) is 3.04. The van der Waals surface area contributed by atoms with Gasteiger partial charge in [0.05, 0.1) is 5.69 Å². The van der Waals surface area contributed by atoms with Crippen molar-refractivity contribution < 1.29 is 4.79 Å². The van der Waals surface area contributed by atoms with E-state index >= 15 is 0 Å². The quantitative estimate of drug-likeness (QED) is 0.579. The molecule has 0 fully saturated rings. The van der Waals surface area contributed by atoms with Crippen LogP contribution in [0.5, 0.6) is 0 Å². The number of para-hydroxylation sites is 1. The predicted octanol–water partition coefficient (Wildman–Crippen LogP) is 5.36. The summed E-state index contributed by atoms with van der Waals surface area (Å²) in [6.07, 6.45) is 1.84. The second-order valence-corrected chi connectivity index (χ2v) is 7.03. The minimum absolute atomic E-state index is 0.0967. The van der Waals surface area contributed by atoms with Gasteiger partial charge in [-0.15, -0.1) is 0 Å². The first-order valence-corrected chi connectivity index (χ1v) is 9.71. The van der Waals surface area contributed by atoms with Crippen molar-refractivity contribution in [2.75, 3.05) is 4.90 Å². The highest BCUT2D eigenvalue weighted by Crippen LogP contribution is 2.30. The number of rotatable bonds is 4. The van der Waals surface area contributed by atoms with Gasteiger partial charge in [-0.05, 0) is 29.3 Å².